The number of hydrogen-bond acceptors (Lipinski definition) is 3. The van der Waals surface area contributed by atoms with Crippen molar-refractivity contribution in [2.24, 2.45) is 0 Å². The number of aliphatic carboxylic acids is 1. The molecule has 1 aliphatic rings. The molecule has 1 amide bonds. The average Bonchev–Trinajstić information content (AvgIpc) is 2.69. The second-order valence-corrected chi connectivity index (χ2v) is 4.25. The van der Waals surface area contributed by atoms with E-state index in [0.29, 0.717) is 30.4 Å². The fourth-order valence-corrected chi connectivity index (χ4v) is 2.23. The van der Waals surface area contributed by atoms with E-state index in [1.807, 2.05) is 0 Å². The average molecular weight is 254 g/mol. The van der Waals surface area contributed by atoms with E-state index in [9.17, 15) is 23.5 Å². The maximum absolute atomic E-state index is 13.0. The molecule has 0 bridgehead atoms. The second kappa shape index (κ2) is 4.72. The molecule has 2 rings (SSSR count). The van der Waals surface area contributed by atoms with E-state index in [1.165, 1.54) is 0 Å². The Balaban J connectivity index is 2.18. The van der Waals surface area contributed by atoms with Gasteiger partial charge in [-0.2, -0.15) is 0 Å². The first-order chi connectivity index (χ1) is 8.51. The normalized spacial score (nSPS) is 14.3. The summed E-state index contributed by atoms with van der Waals surface area (Å²) in [6.45, 7) is -0.521. The zero-order chi connectivity index (χ0) is 13.3. The highest BCUT2D eigenvalue weighted by Gasteiger charge is 2.27. The molecule has 6 heteroatoms. The molecule has 0 N–H and O–H groups in total. The summed E-state index contributed by atoms with van der Waals surface area (Å²) in [5, 5.41) is 10.5. The lowest BCUT2D eigenvalue weighted by Gasteiger charge is -2.24. The number of carboxylic acids is 1. The highest BCUT2D eigenvalue weighted by Crippen LogP contribution is 2.27. The standard InChI is InChI=1S/C12H11F2NO3/c13-10-3-7-1-9(2-8(7)4-11(10)14)15(6-16)5-12(17)18/h3-4,6,9H,1-2,5H2,(H,17,18)/p-1. The Kier molecular flexibility index (Phi) is 3.27. The van der Waals surface area contributed by atoms with Crippen LogP contribution in [0.1, 0.15) is 11.1 Å². The van der Waals surface area contributed by atoms with Gasteiger partial charge < -0.3 is 14.8 Å². The first-order valence-corrected chi connectivity index (χ1v) is 5.39. The molecule has 0 saturated carbocycles. The van der Waals surface area contributed by atoms with Crippen molar-refractivity contribution in [1.82, 2.24) is 4.90 Å². The monoisotopic (exact) mass is 254 g/mol. The van der Waals surface area contributed by atoms with Gasteiger partial charge in [-0.25, -0.2) is 8.78 Å². The van der Waals surface area contributed by atoms with Crippen LogP contribution in [0.3, 0.4) is 0 Å². The number of carbonyl (C=O) groups excluding carboxylic acids is 2. The Morgan fingerprint density at radius 2 is 1.83 bits per heavy atom. The van der Waals surface area contributed by atoms with E-state index in [0.717, 1.165) is 17.0 Å². The fourth-order valence-electron chi connectivity index (χ4n) is 2.23. The first-order valence-electron chi connectivity index (χ1n) is 5.39. The molecule has 18 heavy (non-hydrogen) atoms. The van der Waals surface area contributed by atoms with Crippen LogP contribution >= 0.6 is 0 Å². The smallest absolute Gasteiger partial charge is 0.210 e. The highest BCUT2D eigenvalue weighted by atomic mass is 19.2. The summed E-state index contributed by atoms with van der Waals surface area (Å²) in [6.07, 6.45) is 1.05. The van der Waals surface area contributed by atoms with Crippen LogP contribution in [0.5, 0.6) is 0 Å². The van der Waals surface area contributed by atoms with Gasteiger partial charge in [0.25, 0.3) is 0 Å². The Morgan fingerprint density at radius 3 is 2.22 bits per heavy atom. The van der Waals surface area contributed by atoms with Crippen molar-refractivity contribution in [3.05, 3.63) is 34.9 Å². The summed E-state index contributed by atoms with van der Waals surface area (Å²) in [5.74, 6) is -3.24. The molecule has 96 valence electrons. The lowest BCUT2D eigenvalue weighted by molar-refractivity contribution is -0.306. The predicted molar refractivity (Wildman–Crippen MR) is 55.3 cm³/mol. The summed E-state index contributed by atoms with van der Waals surface area (Å²) in [5.41, 5.74) is 1.20. The highest BCUT2D eigenvalue weighted by molar-refractivity contribution is 5.70. The SMILES string of the molecule is O=CN(CC(=O)[O-])C1Cc2cc(F)c(F)cc2C1. The number of nitrogens with zero attached hydrogens (tertiary/aromatic N) is 1. The molecule has 4 nitrogen and oxygen atoms in total. The summed E-state index contributed by atoms with van der Waals surface area (Å²) in [7, 11) is 0. The first kappa shape index (κ1) is 12.5. The number of rotatable bonds is 4. The molecule has 1 aromatic carbocycles. The minimum Gasteiger partial charge on any atom is -0.548 e. The lowest BCUT2D eigenvalue weighted by Crippen LogP contribution is -2.43. The largest absolute Gasteiger partial charge is 0.548 e. The zero-order valence-corrected chi connectivity index (χ0v) is 9.36. The predicted octanol–water partition coefficient (Wildman–Crippen LogP) is -0.360. The molecule has 0 heterocycles. The lowest BCUT2D eigenvalue weighted by atomic mass is 10.1. The summed E-state index contributed by atoms with van der Waals surface area (Å²) >= 11 is 0. The molecule has 0 saturated heterocycles. The Bertz CT molecular complexity index is 473. The van der Waals surface area contributed by atoms with Crippen molar-refractivity contribution < 1.29 is 23.5 Å². The third kappa shape index (κ3) is 2.32. The summed E-state index contributed by atoms with van der Waals surface area (Å²) in [6, 6.07) is 1.79. The van der Waals surface area contributed by atoms with Crippen LogP contribution in [-0.4, -0.2) is 29.9 Å². The van der Waals surface area contributed by atoms with E-state index in [4.69, 9.17) is 0 Å². The van der Waals surface area contributed by atoms with E-state index in [-0.39, 0.29) is 0 Å². The van der Waals surface area contributed by atoms with Gasteiger partial charge in [0.05, 0.1) is 12.5 Å². The number of hydrogen-bond donors (Lipinski definition) is 0. The van der Waals surface area contributed by atoms with Crippen LogP contribution < -0.4 is 5.11 Å². The van der Waals surface area contributed by atoms with Crippen molar-refractivity contribution in [2.75, 3.05) is 6.54 Å². The van der Waals surface area contributed by atoms with Crippen LogP contribution in [0.15, 0.2) is 12.1 Å². The van der Waals surface area contributed by atoms with E-state index >= 15 is 0 Å². The molecule has 0 radical (unpaired) electrons. The summed E-state index contributed by atoms with van der Waals surface area (Å²) < 4.78 is 26.1. The molecule has 0 aliphatic heterocycles. The van der Waals surface area contributed by atoms with Crippen LogP contribution in [0, 0.1) is 11.6 Å². The number of fused-ring (bicyclic) bond motifs is 1. The third-order valence-electron chi connectivity index (χ3n) is 3.07. The molecule has 0 unspecified atom stereocenters. The van der Waals surface area contributed by atoms with Crippen molar-refractivity contribution in [1.29, 1.82) is 0 Å². The number of carboxylic acid groups (broad SMARTS) is 1. The second-order valence-electron chi connectivity index (χ2n) is 4.25. The minimum atomic E-state index is -1.37. The van der Waals surface area contributed by atoms with Crippen molar-refractivity contribution in [3.8, 4) is 0 Å². The van der Waals surface area contributed by atoms with Gasteiger partial charge in [0, 0.05) is 6.04 Å². The van der Waals surface area contributed by atoms with Gasteiger partial charge in [-0.3, -0.25) is 4.79 Å². The fraction of sp³-hybridized carbons (Fsp3) is 0.333. The Hall–Kier alpha value is -1.98. The van der Waals surface area contributed by atoms with E-state index < -0.39 is 30.2 Å². The van der Waals surface area contributed by atoms with Crippen LogP contribution in [0.2, 0.25) is 0 Å². The Morgan fingerprint density at radius 1 is 1.33 bits per heavy atom. The van der Waals surface area contributed by atoms with E-state index in [2.05, 4.69) is 0 Å². The molecule has 0 atom stereocenters. The molecule has 1 aromatic rings. The van der Waals surface area contributed by atoms with Gasteiger partial charge >= 0.3 is 0 Å². The number of benzene rings is 1. The third-order valence-corrected chi connectivity index (χ3v) is 3.07. The number of halogens is 2. The maximum atomic E-state index is 13.0. The quantitative estimate of drug-likeness (QED) is 0.689. The minimum absolute atomic E-state index is 0.318. The van der Waals surface area contributed by atoms with Gasteiger partial charge in [-0.05, 0) is 36.1 Å². The van der Waals surface area contributed by atoms with Gasteiger partial charge in [0.2, 0.25) is 6.41 Å². The Labute approximate surface area is 102 Å². The molecular formula is C12H10F2NO3-. The maximum Gasteiger partial charge on any atom is 0.210 e. The molecule has 1 aliphatic carbocycles. The van der Waals surface area contributed by atoms with E-state index in [1.54, 1.807) is 0 Å². The van der Waals surface area contributed by atoms with Crippen molar-refractivity contribution in [3.63, 3.8) is 0 Å². The molecule has 0 aromatic heterocycles. The van der Waals surface area contributed by atoms with Gasteiger partial charge in [-0.1, -0.05) is 0 Å². The van der Waals surface area contributed by atoms with Crippen LogP contribution in [0.4, 0.5) is 8.78 Å². The van der Waals surface area contributed by atoms with Gasteiger partial charge in [0.15, 0.2) is 11.6 Å². The number of amides is 1. The van der Waals surface area contributed by atoms with Crippen LogP contribution in [-0.2, 0) is 22.4 Å². The van der Waals surface area contributed by atoms with Crippen molar-refractivity contribution >= 4 is 12.4 Å². The topological polar surface area (TPSA) is 60.4 Å². The van der Waals surface area contributed by atoms with Gasteiger partial charge in [0.1, 0.15) is 0 Å². The molecular weight excluding hydrogens is 244 g/mol. The molecule has 0 fully saturated rings. The number of carbonyl (C=O) groups is 2. The van der Waals surface area contributed by atoms with Gasteiger partial charge in [-0.15, -0.1) is 0 Å². The van der Waals surface area contributed by atoms with Crippen molar-refractivity contribution in [2.45, 2.75) is 18.9 Å². The summed E-state index contributed by atoms with van der Waals surface area (Å²) in [4.78, 5) is 22.3. The molecule has 0 spiro atoms. The zero-order valence-electron chi connectivity index (χ0n) is 9.36. The van der Waals surface area contributed by atoms with Crippen LogP contribution in [0.25, 0.3) is 0 Å².